The Labute approximate surface area is 115 Å². The molecule has 0 aromatic carbocycles. The van der Waals surface area contributed by atoms with Crippen LogP contribution in [0.1, 0.15) is 39.0 Å². The molecule has 0 bridgehead atoms. The first kappa shape index (κ1) is 19.5. The van der Waals surface area contributed by atoms with E-state index in [-0.39, 0.29) is 18.3 Å². The van der Waals surface area contributed by atoms with Gasteiger partial charge in [0, 0.05) is 20.0 Å². The molecule has 108 valence electrons. The Balaban J connectivity index is 0. The van der Waals surface area contributed by atoms with Crippen molar-refractivity contribution in [1.82, 2.24) is 4.90 Å². The summed E-state index contributed by atoms with van der Waals surface area (Å²) in [5.41, 5.74) is 5.55. The number of nitrogens with zero attached hydrogens (tertiary/aromatic N) is 1. The van der Waals surface area contributed by atoms with Crippen LogP contribution < -0.4 is 5.73 Å². The fourth-order valence-electron chi connectivity index (χ4n) is 1.46. The Morgan fingerprint density at radius 1 is 1.33 bits per heavy atom. The van der Waals surface area contributed by atoms with Crippen molar-refractivity contribution in [3.05, 3.63) is 0 Å². The van der Waals surface area contributed by atoms with Crippen molar-refractivity contribution in [2.75, 3.05) is 20.7 Å². The van der Waals surface area contributed by atoms with Gasteiger partial charge in [-0.05, 0) is 12.8 Å². The maximum Gasteiger partial charge on any atom is 0.322 e. The van der Waals surface area contributed by atoms with Crippen LogP contribution in [0.4, 0.5) is 0 Å². The second-order valence-electron chi connectivity index (χ2n) is 4.19. The smallest absolute Gasteiger partial charge is 0.322 e. The molecule has 0 aromatic heterocycles. The minimum Gasteiger partial charge on any atom is -0.468 e. The van der Waals surface area contributed by atoms with E-state index in [9.17, 15) is 9.59 Å². The summed E-state index contributed by atoms with van der Waals surface area (Å²) in [6, 6.07) is -0.701. The molecule has 0 rings (SSSR count). The molecule has 0 saturated carbocycles. The summed E-state index contributed by atoms with van der Waals surface area (Å²) < 4.78 is 4.50. The van der Waals surface area contributed by atoms with Gasteiger partial charge in [-0.1, -0.05) is 19.8 Å². The van der Waals surface area contributed by atoms with E-state index in [4.69, 9.17) is 5.73 Å². The number of hydrogen-bond acceptors (Lipinski definition) is 4. The average molecular weight is 281 g/mol. The number of esters is 1. The van der Waals surface area contributed by atoms with Gasteiger partial charge < -0.3 is 15.4 Å². The number of methoxy groups -OCH3 is 1. The summed E-state index contributed by atoms with van der Waals surface area (Å²) in [7, 11) is 3.07. The number of amides is 1. The van der Waals surface area contributed by atoms with Crippen molar-refractivity contribution in [3.63, 3.8) is 0 Å². The third kappa shape index (κ3) is 8.31. The Hall–Kier alpha value is -0.810. The van der Waals surface area contributed by atoms with E-state index in [1.54, 1.807) is 11.9 Å². The lowest BCUT2D eigenvalue weighted by molar-refractivity contribution is -0.142. The van der Waals surface area contributed by atoms with E-state index in [1.807, 2.05) is 0 Å². The number of carbonyl (C=O) groups excluding carboxylic acids is 2. The highest BCUT2D eigenvalue weighted by atomic mass is 35.5. The molecule has 0 aliphatic rings. The molecule has 1 atom stereocenters. The van der Waals surface area contributed by atoms with Gasteiger partial charge in [-0.2, -0.15) is 0 Å². The largest absolute Gasteiger partial charge is 0.468 e. The van der Waals surface area contributed by atoms with Gasteiger partial charge in [0.25, 0.3) is 0 Å². The average Bonchev–Trinajstić information content (AvgIpc) is 2.34. The standard InChI is InChI=1S/C12H24N2O3.ClH/c1-4-5-6-9-14(2)11(15)8-7-10(13)12(16)17-3;/h10H,4-9,13H2,1-3H3;1H/t10-;/m0./s1. The summed E-state index contributed by atoms with van der Waals surface area (Å²) in [4.78, 5) is 24.4. The monoisotopic (exact) mass is 280 g/mol. The molecular weight excluding hydrogens is 256 g/mol. The highest BCUT2D eigenvalue weighted by Crippen LogP contribution is 2.02. The minimum atomic E-state index is -0.701. The maximum absolute atomic E-state index is 11.7. The number of unbranched alkanes of at least 4 members (excludes halogenated alkanes) is 2. The van der Waals surface area contributed by atoms with Gasteiger partial charge >= 0.3 is 5.97 Å². The number of ether oxygens (including phenoxy) is 1. The molecule has 18 heavy (non-hydrogen) atoms. The summed E-state index contributed by atoms with van der Waals surface area (Å²) in [5, 5.41) is 0. The molecule has 2 N–H and O–H groups in total. The van der Waals surface area contributed by atoms with Crippen LogP contribution in [-0.2, 0) is 14.3 Å². The first-order valence-electron chi connectivity index (χ1n) is 6.10. The SMILES string of the molecule is CCCCCN(C)C(=O)CC[C@H](N)C(=O)OC.Cl. The van der Waals surface area contributed by atoms with Crippen molar-refractivity contribution in [3.8, 4) is 0 Å². The van der Waals surface area contributed by atoms with Crippen LogP contribution in [-0.4, -0.2) is 43.5 Å². The number of carbonyl (C=O) groups is 2. The Bertz CT molecular complexity index is 249. The maximum atomic E-state index is 11.7. The van der Waals surface area contributed by atoms with Gasteiger partial charge in [0.05, 0.1) is 7.11 Å². The fourth-order valence-corrected chi connectivity index (χ4v) is 1.46. The molecule has 0 fully saturated rings. The number of rotatable bonds is 8. The second-order valence-corrected chi connectivity index (χ2v) is 4.19. The molecule has 0 aliphatic heterocycles. The first-order chi connectivity index (χ1) is 8.02. The van der Waals surface area contributed by atoms with Crippen molar-refractivity contribution in [2.24, 2.45) is 5.73 Å². The molecule has 0 radical (unpaired) electrons. The third-order valence-electron chi connectivity index (χ3n) is 2.70. The molecule has 6 heteroatoms. The zero-order valence-electron chi connectivity index (χ0n) is 11.5. The van der Waals surface area contributed by atoms with Crippen LogP contribution in [0.15, 0.2) is 0 Å². The molecule has 0 aromatic rings. The number of hydrogen-bond donors (Lipinski definition) is 1. The topological polar surface area (TPSA) is 72.6 Å². The van der Waals surface area contributed by atoms with Gasteiger partial charge in [0.15, 0.2) is 0 Å². The van der Waals surface area contributed by atoms with E-state index in [2.05, 4.69) is 11.7 Å². The van der Waals surface area contributed by atoms with Gasteiger partial charge in [0.2, 0.25) is 5.91 Å². The number of halogens is 1. The molecular formula is C12H25ClN2O3. The Morgan fingerprint density at radius 2 is 1.94 bits per heavy atom. The summed E-state index contributed by atoms with van der Waals surface area (Å²) >= 11 is 0. The Kier molecular flexibility index (Phi) is 12.2. The zero-order chi connectivity index (χ0) is 13.3. The highest BCUT2D eigenvalue weighted by molar-refractivity contribution is 5.85. The van der Waals surface area contributed by atoms with Crippen molar-refractivity contribution in [2.45, 2.75) is 45.1 Å². The van der Waals surface area contributed by atoms with Crippen LogP contribution in [0.25, 0.3) is 0 Å². The van der Waals surface area contributed by atoms with Crippen LogP contribution in [0.5, 0.6) is 0 Å². The highest BCUT2D eigenvalue weighted by Gasteiger charge is 2.16. The quantitative estimate of drug-likeness (QED) is 0.538. The summed E-state index contributed by atoms with van der Waals surface area (Å²) in [6.45, 7) is 2.89. The fraction of sp³-hybridized carbons (Fsp3) is 0.833. The van der Waals surface area contributed by atoms with E-state index in [1.165, 1.54) is 7.11 Å². The lowest BCUT2D eigenvalue weighted by Gasteiger charge is -2.17. The molecule has 0 unspecified atom stereocenters. The van der Waals surface area contributed by atoms with Gasteiger partial charge in [-0.15, -0.1) is 12.4 Å². The van der Waals surface area contributed by atoms with Crippen LogP contribution in [0.3, 0.4) is 0 Å². The van der Waals surface area contributed by atoms with E-state index in [0.717, 1.165) is 25.8 Å². The van der Waals surface area contributed by atoms with Gasteiger partial charge in [0.1, 0.15) is 6.04 Å². The number of nitrogens with two attached hydrogens (primary N) is 1. The van der Waals surface area contributed by atoms with Gasteiger partial charge in [-0.3, -0.25) is 9.59 Å². The lowest BCUT2D eigenvalue weighted by atomic mass is 10.1. The van der Waals surface area contributed by atoms with Gasteiger partial charge in [-0.25, -0.2) is 0 Å². The normalized spacial score (nSPS) is 11.3. The lowest BCUT2D eigenvalue weighted by Crippen LogP contribution is -2.34. The zero-order valence-corrected chi connectivity index (χ0v) is 12.3. The molecule has 5 nitrogen and oxygen atoms in total. The van der Waals surface area contributed by atoms with E-state index < -0.39 is 12.0 Å². The summed E-state index contributed by atoms with van der Waals surface area (Å²) in [5.74, 6) is -0.438. The molecule has 1 amide bonds. The minimum absolute atomic E-state index is 0. The molecule has 0 saturated heterocycles. The van der Waals surface area contributed by atoms with Crippen molar-refractivity contribution in [1.29, 1.82) is 0 Å². The molecule has 0 aliphatic carbocycles. The van der Waals surface area contributed by atoms with Crippen LogP contribution in [0, 0.1) is 0 Å². The Morgan fingerprint density at radius 3 is 2.44 bits per heavy atom. The predicted octanol–water partition coefficient (Wildman–Crippen LogP) is 1.34. The molecule has 0 spiro atoms. The van der Waals surface area contributed by atoms with Crippen LogP contribution in [0.2, 0.25) is 0 Å². The van der Waals surface area contributed by atoms with Crippen LogP contribution >= 0.6 is 12.4 Å². The van der Waals surface area contributed by atoms with Crippen molar-refractivity contribution >= 4 is 24.3 Å². The molecule has 0 heterocycles. The van der Waals surface area contributed by atoms with Crippen molar-refractivity contribution < 1.29 is 14.3 Å². The third-order valence-corrected chi connectivity index (χ3v) is 2.70. The second kappa shape index (κ2) is 11.3. The first-order valence-corrected chi connectivity index (χ1v) is 6.10. The summed E-state index contributed by atoms with van der Waals surface area (Å²) in [6.07, 6.45) is 3.90. The predicted molar refractivity (Wildman–Crippen MR) is 73.6 cm³/mol. The van der Waals surface area contributed by atoms with E-state index in [0.29, 0.717) is 12.8 Å². The van der Waals surface area contributed by atoms with E-state index >= 15 is 0 Å².